The first-order valence-corrected chi connectivity index (χ1v) is 4.29. The van der Waals surface area contributed by atoms with Crippen LogP contribution in [0.5, 0.6) is 0 Å². The van der Waals surface area contributed by atoms with Crippen molar-refractivity contribution in [3.63, 3.8) is 0 Å². The van der Waals surface area contributed by atoms with Gasteiger partial charge in [-0.1, -0.05) is 0 Å². The van der Waals surface area contributed by atoms with Gasteiger partial charge in [0.15, 0.2) is 6.10 Å². The molecule has 1 aliphatic heterocycles. The summed E-state index contributed by atoms with van der Waals surface area (Å²) in [6.45, 7) is -0.515. The molecule has 0 aromatic heterocycles. The molecule has 0 aliphatic carbocycles. The molecular formula is C4H6O7S. The maximum Gasteiger partial charge on any atom is 0.508 e. The van der Waals surface area contributed by atoms with Gasteiger partial charge >= 0.3 is 16.6 Å². The second kappa shape index (κ2) is 3.25. The molecule has 0 saturated carbocycles. The molecule has 70 valence electrons. The summed E-state index contributed by atoms with van der Waals surface area (Å²) in [6.07, 6.45) is -1.65. The molecule has 0 radical (unpaired) electrons. The molecule has 0 amide bonds. The second-order valence-corrected chi connectivity index (χ2v) is 3.10. The molecule has 0 spiro atoms. The smallest absolute Gasteiger partial charge is 0.430 e. The van der Waals surface area contributed by atoms with Crippen LogP contribution in [0.15, 0.2) is 0 Å². The average molecular weight is 198 g/mol. The quantitative estimate of drug-likeness (QED) is 0.474. The Balaban J connectivity index is 2.30. The van der Waals surface area contributed by atoms with Crippen LogP contribution in [0.4, 0.5) is 4.79 Å². The van der Waals surface area contributed by atoms with Crippen molar-refractivity contribution >= 4 is 16.6 Å². The van der Waals surface area contributed by atoms with Crippen molar-refractivity contribution in [2.75, 3.05) is 13.2 Å². The molecule has 12 heavy (non-hydrogen) atoms. The Labute approximate surface area is 68.2 Å². The van der Waals surface area contributed by atoms with E-state index in [-0.39, 0.29) is 6.61 Å². The average Bonchev–Trinajstić information content (AvgIpc) is 2.30. The number of rotatable bonds is 3. The van der Waals surface area contributed by atoms with Gasteiger partial charge in [0.05, 0.1) is 0 Å². The summed E-state index contributed by atoms with van der Waals surface area (Å²) >= 11 is 0. The zero-order chi connectivity index (χ0) is 9.19. The molecule has 1 aliphatic rings. The van der Waals surface area contributed by atoms with Crippen molar-refractivity contribution in [3.05, 3.63) is 0 Å². The minimum Gasteiger partial charge on any atom is -0.430 e. The molecule has 1 unspecified atom stereocenters. The van der Waals surface area contributed by atoms with E-state index in [1.165, 1.54) is 0 Å². The molecule has 8 heteroatoms. The number of carbonyl (C=O) groups is 1. The first-order chi connectivity index (χ1) is 5.47. The minimum atomic E-state index is -4.48. The lowest BCUT2D eigenvalue weighted by molar-refractivity contribution is 0.0959. The van der Waals surface area contributed by atoms with Crippen molar-refractivity contribution in [2.24, 2.45) is 0 Å². The zero-order valence-corrected chi connectivity index (χ0v) is 6.61. The van der Waals surface area contributed by atoms with E-state index in [1.54, 1.807) is 0 Å². The molecule has 1 N–H and O–H groups in total. The van der Waals surface area contributed by atoms with E-state index in [9.17, 15) is 13.2 Å². The summed E-state index contributed by atoms with van der Waals surface area (Å²) in [5.74, 6) is 0. The maximum absolute atomic E-state index is 10.3. The number of cyclic esters (lactones) is 2. The molecule has 1 rings (SSSR count). The largest absolute Gasteiger partial charge is 0.508 e. The van der Waals surface area contributed by atoms with Crippen LogP contribution in [0, 0.1) is 0 Å². The Kier molecular flexibility index (Phi) is 2.50. The van der Waals surface area contributed by atoms with Crippen molar-refractivity contribution in [1.29, 1.82) is 0 Å². The predicted octanol–water partition coefficient (Wildman–Crippen LogP) is -0.659. The predicted molar refractivity (Wildman–Crippen MR) is 33.7 cm³/mol. The van der Waals surface area contributed by atoms with Crippen LogP contribution >= 0.6 is 0 Å². The Hall–Kier alpha value is -0.860. The van der Waals surface area contributed by atoms with E-state index in [1.807, 2.05) is 0 Å². The normalized spacial score (nSPS) is 23.4. The van der Waals surface area contributed by atoms with Crippen molar-refractivity contribution in [3.8, 4) is 0 Å². The fourth-order valence-corrected chi connectivity index (χ4v) is 0.933. The monoisotopic (exact) mass is 198 g/mol. The fraction of sp³-hybridized carbons (Fsp3) is 0.750. The van der Waals surface area contributed by atoms with Gasteiger partial charge in [-0.2, -0.15) is 8.42 Å². The lowest BCUT2D eigenvalue weighted by Gasteiger charge is -2.03. The number of hydrogen-bond acceptors (Lipinski definition) is 6. The van der Waals surface area contributed by atoms with Gasteiger partial charge < -0.3 is 9.47 Å². The molecular weight excluding hydrogens is 192 g/mol. The van der Waals surface area contributed by atoms with Crippen LogP contribution in [0.3, 0.4) is 0 Å². The van der Waals surface area contributed by atoms with Gasteiger partial charge in [-0.05, 0) is 0 Å². The lowest BCUT2D eigenvalue weighted by atomic mass is 10.4. The lowest BCUT2D eigenvalue weighted by Crippen LogP contribution is -2.20. The molecule has 1 atom stereocenters. The summed E-state index contributed by atoms with van der Waals surface area (Å²) in [5, 5.41) is 0. The van der Waals surface area contributed by atoms with Gasteiger partial charge in [-0.3, -0.25) is 4.55 Å². The standard InChI is InChI=1S/C4H6O7S/c5-4-9-1-3(11-4)2-10-12(6,7)8/h3H,1-2H2,(H,6,7,8). The van der Waals surface area contributed by atoms with Gasteiger partial charge in [-0.25, -0.2) is 8.98 Å². The number of ether oxygens (including phenoxy) is 2. The first-order valence-electron chi connectivity index (χ1n) is 2.92. The summed E-state index contributed by atoms with van der Waals surface area (Å²) in [7, 11) is -4.48. The van der Waals surface area contributed by atoms with Crippen molar-refractivity contribution < 1.29 is 31.4 Å². The second-order valence-electron chi connectivity index (χ2n) is 2.01. The molecule has 0 aromatic rings. The van der Waals surface area contributed by atoms with Crippen molar-refractivity contribution in [2.45, 2.75) is 6.10 Å². The zero-order valence-electron chi connectivity index (χ0n) is 5.80. The van der Waals surface area contributed by atoms with Crippen molar-refractivity contribution in [1.82, 2.24) is 0 Å². The van der Waals surface area contributed by atoms with Gasteiger partial charge in [0.2, 0.25) is 0 Å². The van der Waals surface area contributed by atoms with E-state index >= 15 is 0 Å². The van der Waals surface area contributed by atoms with E-state index in [0.29, 0.717) is 0 Å². The Morgan fingerprint density at radius 2 is 2.33 bits per heavy atom. The SMILES string of the molecule is O=C1OCC(COS(=O)(=O)O)O1. The van der Waals surface area contributed by atoms with E-state index in [4.69, 9.17) is 4.55 Å². The molecule has 1 heterocycles. The number of carbonyl (C=O) groups excluding carboxylic acids is 1. The van der Waals surface area contributed by atoms with Gasteiger partial charge in [0, 0.05) is 0 Å². The highest BCUT2D eigenvalue weighted by molar-refractivity contribution is 7.80. The molecule has 0 bridgehead atoms. The fourth-order valence-electron chi connectivity index (χ4n) is 0.609. The minimum absolute atomic E-state index is 0.0750. The third kappa shape index (κ3) is 3.03. The van der Waals surface area contributed by atoms with Crippen LogP contribution in [0.2, 0.25) is 0 Å². The Bertz CT molecular complexity index is 267. The van der Waals surface area contributed by atoms with Gasteiger partial charge in [0.25, 0.3) is 0 Å². The Morgan fingerprint density at radius 3 is 2.75 bits per heavy atom. The molecule has 1 fully saturated rings. The summed E-state index contributed by atoms with van der Waals surface area (Å²) in [5.41, 5.74) is 0. The Morgan fingerprint density at radius 1 is 1.67 bits per heavy atom. The molecule has 7 nitrogen and oxygen atoms in total. The summed E-state index contributed by atoms with van der Waals surface area (Å²) < 4.78 is 40.8. The highest BCUT2D eigenvalue weighted by atomic mass is 32.3. The topological polar surface area (TPSA) is 99.1 Å². The van der Waals surface area contributed by atoms with Crippen LogP contribution in [0.25, 0.3) is 0 Å². The van der Waals surface area contributed by atoms with Crippen LogP contribution in [-0.4, -0.2) is 38.4 Å². The molecule has 1 saturated heterocycles. The molecule has 0 aromatic carbocycles. The third-order valence-electron chi connectivity index (χ3n) is 1.05. The van der Waals surface area contributed by atoms with Crippen LogP contribution < -0.4 is 0 Å². The summed E-state index contributed by atoms with van der Waals surface area (Å²) in [6, 6.07) is 0. The highest BCUT2D eigenvalue weighted by Crippen LogP contribution is 2.06. The van der Waals surface area contributed by atoms with E-state index < -0.39 is 29.3 Å². The van der Waals surface area contributed by atoms with Gasteiger partial charge in [0.1, 0.15) is 13.2 Å². The van der Waals surface area contributed by atoms with E-state index in [2.05, 4.69) is 13.7 Å². The summed E-state index contributed by atoms with van der Waals surface area (Å²) in [4.78, 5) is 10.3. The number of hydrogen-bond donors (Lipinski definition) is 1. The van der Waals surface area contributed by atoms with E-state index in [0.717, 1.165) is 0 Å². The maximum atomic E-state index is 10.3. The van der Waals surface area contributed by atoms with Crippen LogP contribution in [0.1, 0.15) is 0 Å². The van der Waals surface area contributed by atoms with Gasteiger partial charge in [-0.15, -0.1) is 0 Å². The highest BCUT2D eigenvalue weighted by Gasteiger charge is 2.26. The van der Waals surface area contributed by atoms with Crippen LogP contribution in [-0.2, 0) is 24.1 Å². The third-order valence-corrected chi connectivity index (χ3v) is 1.49. The first kappa shape index (κ1) is 9.23.